The van der Waals surface area contributed by atoms with Crippen LogP contribution in [0.2, 0.25) is 0 Å². The number of sulfonamides is 1. The van der Waals surface area contributed by atoms with E-state index in [1.807, 2.05) is 6.07 Å². The predicted octanol–water partition coefficient (Wildman–Crippen LogP) is 3.63. The molecule has 0 amide bonds. The van der Waals surface area contributed by atoms with Gasteiger partial charge in [-0.05, 0) is 36.0 Å². The van der Waals surface area contributed by atoms with Crippen molar-refractivity contribution in [1.29, 1.82) is 0 Å². The van der Waals surface area contributed by atoms with Gasteiger partial charge in [-0.3, -0.25) is 0 Å². The summed E-state index contributed by atoms with van der Waals surface area (Å²) < 4.78 is 26.9. The first-order valence-electron chi connectivity index (χ1n) is 7.06. The van der Waals surface area contributed by atoms with E-state index in [9.17, 15) is 8.42 Å². The highest BCUT2D eigenvalue weighted by Gasteiger charge is 2.34. The third-order valence-electron chi connectivity index (χ3n) is 4.47. The van der Waals surface area contributed by atoms with Crippen LogP contribution in [0.25, 0.3) is 0 Å². The van der Waals surface area contributed by atoms with Gasteiger partial charge in [0.05, 0.1) is 4.90 Å². The molecule has 2 rings (SSSR count). The molecule has 0 atom stereocenters. The van der Waals surface area contributed by atoms with Crippen molar-refractivity contribution in [3.63, 3.8) is 0 Å². The van der Waals surface area contributed by atoms with E-state index in [4.69, 9.17) is 11.6 Å². The lowest BCUT2D eigenvalue weighted by Gasteiger charge is -2.38. The molecule has 0 spiro atoms. The van der Waals surface area contributed by atoms with Gasteiger partial charge < -0.3 is 0 Å². The lowest BCUT2D eigenvalue weighted by Crippen LogP contribution is -2.41. The molecule has 3 nitrogen and oxygen atoms in total. The molecule has 0 N–H and O–H groups in total. The number of benzene rings is 1. The Morgan fingerprint density at radius 1 is 1.30 bits per heavy atom. The van der Waals surface area contributed by atoms with Crippen LogP contribution in [-0.2, 0) is 15.9 Å². The number of alkyl halides is 1. The standard InChI is InChI=1S/C15H22ClNO2S/c1-3-15(2)7-9-17(10-8-15)20(18,19)14-6-4-5-13(11-14)12-16/h4-6,11H,3,7-10,12H2,1-2H3. The molecule has 112 valence electrons. The molecule has 0 saturated carbocycles. The van der Waals surface area contributed by atoms with Crippen molar-refractivity contribution in [2.45, 2.75) is 43.9 Å². The normalized spacial score (nSPS) is 19.9. The molecule has 0 aromatic heterocycles. The Labute approximate surface area is 127 Å². The van der Waals surface area contributed by atoms with Gasteiger partial charge in [0, 0.05) is 19.0 Å². The van der Waals surface area contributed by atoms with Gasteiger partial charge in [-0.2, -0.15) is 4.31 Å². The number of nitrogens with zero attached hydrogens (tertiary/aromatic N) is 1. The van der Waals surface area contributed by atoms with Crippen molar-refractivity contribution in [1.82, 2.24) is 4.31 Å². The van der Waals surface area contributed by atoms with Gasteiger partial charge in [-0.25, -0.2) is 8.42 Å². The van der Waals surface area contributed by atoms with Crippen LogP contribution < -0.4 is 0 Å². The zero-order chi connectivity index (χ0) is 14.8. The fraction of sp³-hybridized carbons (Fsp3) is 0.600. The number of hydrogen-bond acceptors (Lipinski definition) is 2. The van der Waals surface area contributed by atoms with Gasteiger partial charge in [-0.15, -0.1) is 11.6 Å². The molecule has 0 radical (unpaired) electrons. The van der Waals surface area contributed by atoms with E-state index in [1.54, 1.807) is 22.5 Å². The summed E-state index contributed by atoms with van der Waals surface area (Å²) in [5.74, 6) is 0.331. The summed E-state index contributed by atoms with van der Waals surface area (Å²) in [5, 5.41) is 0. The Bertz CT molecular complexity index is 563. The van der Waals surface area contributed by atoms with Gasteiger partial charge in [0.2, 0.25) is 10.0 Å². The van der Waals surface area contributed by atoms with Crippen molar-refractivity contribution < 1.29 is 8.42 Å². The number of rotatable bonds is 4. The second-order valence-electron chi connectivity index (χ2n) is 5.85. The monoisotopic (exact) mass is 315 g/mol. The van der Waals surface area contributed by atoms with E-state index in [0.717, 1.165) is 24.8 Å². The van der Waals surface area contributed by atoms with Crippen molar-refractivity contribution in [3.05, 3.63) is 29.8 Å². The quantitative estimate of drug-likeness (QED) is 0.796. The number of piperidine rings is 1. The molecule has 1 aliphatic rings. The van der Waals surface area contributed by atoms with Crippen molar-refractivity contribution in [3.8, 4) is 0 Å². The van der Waals surface area contributed by atoms with E-state index in [0.29, 0.717) is 23.9 Å². The zero-order valence-electron chi connectivity index (χ0n) is 12.1. The Morgan fingerprint density at radius 3 is 2.50 bits per heavy atom. The summed E-state index contributed by atoms with van der Waals surface area (Å²) in [6.07, 6.45) is 2.96. The Morgan fingerprint density at radius 2 is 1.95 bits per heavy atom. The molecule has 1 saturated heterocycles. The van der Waals surface area contributed by atoms with Crippen LogP contribution in [0.1, 0.15) is 38.7 Å². The van der Waals surface area contributed by atoms with E-state index in [2.05, 4.69) is 13.8 Å². The van der Waals surface area contributed by atoms with E-state index < -0.39 is 10.0 Å². The van der Waals surface area contributed by atoms with Gasteiger partial charge in [0.1, 0.15) is 0 Å². The maximum Gasteiger partial charge on any atom is 0.243 e. The van der Waals surface area contributed by atoms with Crippen LogP contribution in [0.4, 0.5) is 0 Å². The van der Waals surface area contributed by atoms with Crippen LogP contribution in [0.15, 0.2) is 29.2 Å². The summed E-state index contributed by atoms with van der Waals surface area (Å²) in [4.78, 5) is 0.357. The molecule has 1 fully saturated rings. The zero-order valence-corrected chi connectivity index (χ0v) is 13.7. The molecule has 0 bridgehead atoms. The molecule has 1 heterocycles. The van der Waals surface area contributed by atoms with Crippen molar-refractivity contribution in [2.24, 2.45) is 5.41 Å². The predicted molar refractivity (Wildman–Crippen MR) is 82.4 cm³/mol. The van der Waals surface area contributed by atoms with Crippen LogP contribution in [-0.4, -0.2) is 25.8 Å². The first kappa shape index (κ1) is 15.8. The minimum Gasteiger partial charge on any atom is -0.207 e. The summed E-state index contributed by atoms with van der Waals surface area (Å²) in [6, 6.07) is 6.93. The highest BCUT2D eigenvalue weighted by molar-refractivity contribution is 7.89. The second kappa shape index (κ2) is 6.04. The summed E-state index contributed by atoms with van der Waals surface area (Å²) >= 11 is 5.78. The molecule has 1 aromatic carbocycles. The second-order valence-corrected chi connectivity index (χ2v) is 8.05. The number of halogens is 1. The van der Waals surface area contributed by atoms with Crippen LogP contribution in [0, 0.1) is 5.41 Å². The van der Waals surface area contributed by atoms with Crippen molar-refractivity contribution >= 4 is 21.6 Å². The maximum absolute atomic E-state index is 12.6. The molecule has 0 unspecified atom stereocenters. The third kappa shape index (κ3) is 3.18. The van der Waals surface area contributed by atoms with Crippen molar-refractivity contribution in [2.75, 3.05) is 13.1 Å². The molecular formula is C15H22ClNO2S. The topological polar surface area (TPSA) is 37.4 Å². The average molecular weight is 316 g/mol. The van der Waals surface area contributed by atoms with Gasteiger partial charge >= 0.3 is 0 Å². The minimum atomic E-state index is -3.38. The fourth-order valence-corrected chi connectivity index (χ4v) is 4.24. The highest BCUT2D eigenvalue weighted by atomic mass is 35.5. The van der Waals surface area contributed by atoms with Crippen LogP contribution >= 0.6 is 11.6 Å². The van der Waals surface area contributed by atoms with Gasteiger partial charge in [-0.1, -0.05) is 32.4 Å². The summed E-state index contributed by atoms with van der Waals surface area (Å²) in [5.41, 5.74) is 1.12. The highest BCUT2D eigenvalue weighted by Crippen LogP contribution is 2.35. The van der Waals surface area contributed by atoms with Gasteiger partial charge in [0.25, 0.3) is 0 Å². The lowest BCUT2D eigenvalue weighted by molar-refractivity contribution is 0.169. The van der Waals surface area contributed by atoms with Crippen LogP contribution in [0.3, 0.4) is 0 Å². The lowest BCUT2D eigenvalue weighted by atomic mass is 9.79. The van der Waals surface area contributed by atoms with Crippen LogP contribution in [0.5, 0.6) is 0 Å². The van der Waals surface area contributed by atoms with Gasteiger partial charge in [0.15, 0.2) is 0 Å². The Kier molecular flexibility index (Phi) is 4.77. The Balaban J connectivity index is 2.19. The third-order valence-corrected chi connectivity index (χ3v) is 6.68. The molecular weight excluding hydrogens is 294 g/mol. The maximum atomic E-state index is 12.6. The SMILES string of the molecule is CCC1(C)CCN(S(=O)(=O)c2cccc(CCl)c2)CC1. The van der Waals surface area contributed by atoms with E-state index >= 15 is 0 Å². The average Bonchev–Trinajstić information content (AvgIpc) is 2.48. The molecule has 20 heavy (non-hydrogen) atoms. The number of hydrogen-bond donors (Lipinski definition) is 0. The van der Waals surface area contributed by atoms with E-state index in [1.165, 1.54) is 0 Å². The fourth-order valence-electron chi connectivity index (χ4n) is 2.56. The van der Waals surface area contributed by atoms with E-state index in [-0.39, 0.29) is 5.41 Å². The molecule has 0 aliphatic carbocycles. The summed E-state index contributed by atoms with van der Waals surface area (Å²) in [6.45, 7) is 5.63. The smallest absolute Gasteiger partial charge is 0.207 e. The molecule has 1 aromatic rings. The Hall–Kier alpha value is -0.580. The molecule has 1 aliphatic heterocycles. The molecule has 5 heteroatoms. The minimum absolute atomic E-state index is 0.282. The first-order valence-corrected chi connectivity index (χ1v) is 9.04. The largest absolute Gasteiger partial charge is 0.243 e. The summed E-state index contributed by atoms with van der Waals surface area (Å²) in [7, 11) is -3.38. The first-order chi connectivity index (χ1) is 9.41.